The average Bonchev–Trinajstić information content (AvgIpc) is 3.25. The van der Waals surface area contributed by atoms with Crippen molar-refractivity contribution >= 4 is 16.7 Å². The molecule has 1 fully saturated rings. The van der Waals surface area contributed by atoms with Crippen LogP contribution in [0.5, 0.6) is 0 Å². The summed E-state index contributed by atoms with van der Waals surface area (Å²) in [5.74, 6) is 0.207. The Morgan fingerprint density at radius 1 is 1.22 bits per heavy atom. The smallest absolute Gasteiger partial charge is 0.147 e. The highest BCUT2D eigenvalue weighted by Crippen LogP contribution is 2.48. The molecule has 2 aromatic heterocycles. The molecule has 0 spiro atoms. The van der Waals surface area contributed by atoms with Crippen LogP contribution in [0.25, 0.3) is 10.9 Å². The second-order valence-corrected chi connectivity index (χ2v) is 9.65. The number of aromatic nitrogens is 2. The number of benzene rings is 1. The first kappa shape index (κ1) is 21.4. The lowest BCUT2D eigenvalue weighted by Gasteiger charge is -2.35. The minimum absolute atomic E-state index is 0.0932. The van der Waals surface area contributed by atoms with Crippen LogP contribution in [0.4, 0.5) is 0 Å². The SMILES string of the molecule is CCN1C2CCC1c1c(n(CC(CC(=O)CN)c3ccnc(C)c3)c3ccc(C)cc13)C2. The summed E-state index contributed by atoms with van der Waals surface area (Å²) in [7, 11) is 0. The minimum atomic E-state index is 0.0932. The fourth-order valence-electron chi connectivity index (χ4n) is 6.20. The molecule has 1 aromatic carbocycles. The molecule has 32 heavy (non-hydrogen) atoms. The van der Waals surface area contributed by atoms with Gasteiger partial charge in [0.1, 0.15) is 5.78 Å². The van der Waals surface area contributed by atoms with Crippen LogP contribution in [0, 0.1) is 13.8 Å². The van der Waals surface area contributed by atoms with E-state index in [0.717, 1.165) is 25.2 Å². The molecule has 3 unspecified atom stereocenters. The van der Waals surface area contributed by atoms with Gasteiger partial charge in [0.2, 0.25) is 0 Å². The Labute approximate surface area is 190 Å². The Balaban J connectivity index is 1.64. The van der Waals surface area contributed by atoms with Gasteiger partial charge in [-0.15, -0.1) is 0 Å². The molecule has 2 N–H and O–H groups in total. The standard InChI is InChI=1S/C27H34N4O/c1-4-30-21-6-8-25(30)27-23-11-17(2)5-7-24(23)31(26(27)14-21)16-20(13-22(32)15-28)19-9-10-29-18(3)12-19/h5,7,9-12,20-21,25H,4,6,8,13-16,28H2,1-3H3. The lowest BCUT2D eigenvalue weighted by atomic mass is 9.93. The van der Waals surface area contributed by atoms with Gasteiger partial charge in [0, 0.05) is 65.9 Å². The van der Waals surface area contributed by atoms with E-state index in [0.29, 0.717) is 18.5 Å². The van der Waals surface area contributed by atoms with Crippen LogP contribution in [-0.2, 0) is 17.8 Å². The van der Waals surface area contributed by atoms with E-state index in [1.54, 1.807) is 0 Å². The monoisotopic (exact) mass is 430 g/mol. The first-order chi connectivity index (χ1) is 15.5. The maximum absolute atomic E-state index is 12.4. The number of fused-ring (bicyclic) bond motifs is 6. The van der Waals surface area contributed by atoms with Crippen LogP contribution in [0.3, 0.4) is 0 Å². The van der Waals surface area contributed by atoms with Gasteiger partial charge in [-0.1, -0.05) is 18.6 Å². The number of Topliss-reactive ketones (excluding diaryl/α,β-unsaturated/α-hetero) is 1. The van der Waals surface area contributed by atoms with Crippen LogP contribution in [0.2, 0.25) is 0 Å². The summed E-state index contributed by atoms with van der Waals surface area (Å²) < 4.78 is 2.53. The maximum Gasteiger partial charge on any atom is 0.147 e. The van der Waals surface area contributed by atoms with E-state index in [1.807, 2.05) is 13.1 Å². The van der Waals surface area contributed by atoms with Crippen molar-refractivity contribution < 1.29 is 4.79 Å². The summed E-state index contributed by atoms with van der Waals surface area (Å²) in [5, 5.41) is 1.40. The van der Waals surface area contributed by atoms with Gasteiger partial charge in [-0.05, 0) is 68.6 Å². The number of hydrogen-bond donors (Lipinski definition) is 1. The summed E-state index contributed by atoms with van der Waals surface area (Å²) in [4.78, 5) is 19.5. The van der Waals surface area contributed by atoms with Gasteiger partial charge in [0.25, 0.3) is 0 Å². The number of carbonyl (C=O) groups is 1. The molecule has 5 nitrogen and oxygen atoms in total. The molecule has 2 bridgehead atoms. The van der Waals surface area contributed by atoms with Crippen LogP contribution >= 0.6 is 0 Å². The Hall–Kier alpha value is -2.50. The second-order valence-electron chi connectivity index (χ2n) is 9.65. The van der Waals surface area contributed by atoms with E-state index >= 15 is 0 Å². The molecule has 3 atom stereocenters. The highest BCUT2D eigenvalue weighted by molar-refractivity contribution is 5.87. The zero-order valence-electron chi connectivity index (χ0n) is 19.5. The second kappa shape index (κ2) is 8.45. The number of rotatable bonds is 7. The van der Waals surface area contributed by atoms with Crippen molar-refractivity contribution in [1.82, 2.24) is 14.5 Å². The molecule has 0 radical (unpaired) electrons. The molecule has 4 heterocycles. The van der Waals surface area contributed by atoms with E-state index in [2.05, 4.69) is 58.6 Å². The average molecular weight is 431 g/mol. The molecule has 168 valence electrons. The molecule has 5 rings (SSSR count). The van der Waals surface area contributed by atoms with E-state index < -0.39 is 0 Å². The van der Waals surface area contributed by atoms with Gasteiger partial charge >= 0.3 is 0 Å². The van der Waals surface area contributed by atoms with Gasteiger partial charge < -0.3 is 10.3 Å². The topological polar surface area (TPSA) is 64.2 Å². The summed E-state index contributed by atoms with van der Waals surface area (Å²) in [6.07, 6.45) is 5.95. The highest BCUT2D eigenvalue weighted by Gasteiger charge is 2.42. The van der Waals surface area contributed by atoms with Crippen molar-refractivity contribution in [2.45, 2.75) is 71.0 Å². The fourth-order valence-corrected chi connectivity index (χ4v) is 6.20. The summed E-state index contributed by atoms with van der Waals surface area (Å²) in [5.41, 5.74) is 13.5. The Bertz CT molecular complexity index is 1160. The van der Waals surface area contributed by atoms with Crippen molar-refractivity contribution in [3.63, 3.8) is 0 Å². The molecular formula is C27H34N4O. The number of hydrogen-bond acceptors (Lipinski definition) is 4. The number of nitrogens with two attached hydrogens (primary N) is 1. The molecule has 1 saturated heterocycles. The lowest BCUT2D eigenvalue weighted by molar-refractivity contribution is -0.118. The van der Waals surface area contributed by atoms with Crippen LogP contribution in [-0.4, -0.2) is 39.4 Å². The number of aryl methyl sites for hydroxylation is 2. The number of carbonyl (C=O) groups excluding carboxylic acids is 1. The van der Waals surface area contributed by atoms with Crippen molar-refractivity contribution in [2.24, 2.45) is 5.73 Å². The predicted molar refractivity (Wildman–Crippen MR) is 129 cm³/mol. The number of ketones is 1. The van der Waals surface area contributed by atoms with E-state index in [1.165, 1.54) is 46.1 Å². The number of nitrogens with zero attached hydrogens (tertiary/aromatic N) is 3. The molecule has 0 amide bonds. The summed E-state index contributed by atoms with van der Waals surface area (Å²) in [6.45, 7) is 8.50. The maximum atomic E-state index is 12.4. The first-order valence-electron chi connectivity index (χ1n) is 12.0. The molecule has 2 aliphatic heterocycles. The largest absolute Gasteiger partial charge is 0.344 e. The van der Waals surface area contributed by atoms with Crippen molar-refractivity contribution in [3.05, 3.63) is 64.6 Å². The molecule has 5 heteroatoms. The molecule has 0 aliphatic carbocycles. The van der Waals surface area contributed by atoms with E-state index in [-0.39, 0.29) is 18.2 Å². The van der Waals surface area contributed by atoms with Crippen molar-refractivity contribution in [1.29, 1.82) is 0 Å². The summed E-state index contributed by atoms with van der Waals surface area (Å²) in [6, 6.07) is 12.2. The molecule has 2 aliphatic rings. The van der Waals surface area contributed by atoms with Crippen molar-refractivity contribution in [3.8, 4) is 0 Å². The summed E-state index contributed by atoms with van der Waals surface area (Å²) >= 11 is 0. The Morgan fingerprint density at radius 3 is 2.81 bits per heavy atom. The fraction of sp³-hybridized carbons (Fsp3) is 0.481. The van der Waals surface area contributed by atoms with Crippen LogP contribution in [0.15, 0.2) is 36.5 Å². The van der Waals surface area contributed by atoms with E-state index in [4.69, 9.17) is 5.73 Å². The third-order valence-electron chi connectivity index (χ3n) is 7.64. The van der Waals surface area contributed by atoms with E-state index in [9.17, 15) is 4.79 Å². The first-order valence-corrected chi connectivity index (χ1v) is 12.0. The van der Waals surface area contributed by atoms with Gasteiger partial charge in [-0.2, -0.15) is 0 Å². The molecule has 3 aromatic rings. The van der Waals surface area contributed by atoms with Crippen LogP contribution in [0.1, 0.15) is 66.2 Å². The van der Waals surface area contributed by atoms with Gasteiger partial charge in [0.05, 0.1) is 6.54 Å². The normalized spacial score (nSPS) is 21.1. The Morgan fingerprint density at radius 2 is 2.06 bits per heavy atom. The molecule has 0 saturated carbocycles. The zero-order chi connectivity index (χ0) is 22.4. The lowest BCUT2D eigenvalue weighted by Crippen LogP contribution is -2.37. The third kappa shape index (κ3) is 3.57. The number of pyridine rings is 1. The predicted octanol–water partition coefficient (Wildman–Crippen LogP) is 4.44. The number of likely N-dealkylation sites (N-methyl/N-ethyl adjacent to an activating group) is 1. The van der Waals surface area contributed by atoms with Gasteiger partial charge in [-0.25, -0.2) is 0 Å². The Kier molecular flexibility index (Phi) is 5.64. The van der Waals surface area contributed by atoms with Gasteiger partial charge in [-0.3, -0.25) is 14.7 Å². The van der Waals surface area contributed by atoms with Crippen molar-refractivity contribution in [2.75, 3.05) is 13.1 Å². The highest BCUT2D eigenvalue weighted by atomic mass is 16.1. The van der Waals surface area contributed by atoms with Gasteiger partial charge in [0.15, 0.2) is 0 Å². The minimum Gasteiger partial charge on any atom is -0.344 e. The molecular weight excluding hydrogens is 396 g/mol. The quantitative estimate of drug-likeness (QED) is 0.602. The van der Waals surface area contributed by atoms with Crippen LogP contribution < -0.4 is 5.73 Å². The third-order valence-corrected chi connectivity index (χ3v) is 7.64. The zero-order valence-corrected chi connectivity index (χ0v) is 19.5.